The van der Waals surface area contributed by atoms with Gasteiger partial charge in [0, 0.05) is 25.7 Å². The Balaban J connectivity index is 1.86. The zero-order valence-electron chi connectivity index (χ0n) is 13.3. The molecule has 112 valence electrons. The van der Waals surface area contributed by atoms with E-state index in [4.69, 9.17) is 0 Å². The maximum atomic E-state index is 3.85. The molecule has 0 spiro atoms. The van der Waals surface area contributed by atoms with Gasteiger partial charge in [0.15, 0.2) is 0 Å². The van der Waals surface area contributed by atoms with Crippen molar-refractivity contribution in [1.29, 1.82) is 0 Å². The first-order chi connectivity index (χ1) is 9.19. The largest absolute Gasteiger partial charge is 0.312 e. The molecule has 2 fully saturated rings. The Hall–Kier alpha value is -0.0800. The molecule has 1 aliphatic carbocycles. The zero-order valence-corrected chi connectivity index (χ0v) is 13.3. The highest BCUT2D eigenvalue weighted by atomic mass is 15.2. The first kappa shape index (κ1) is 15.3. The molecular formula is C17H34N2. The lowest BCUT2D eigenvalue weighted by Gasteiger charge is -2.38. The Bertz CT molecular complexity index is 238. The summed E-state index contributed by atoms with van der Waals surface area (Å²) in [6.45, 7) is 12.3. The van der Waals surface area contributed by atoms with Crippen molar-refractivity contribution in [2.45, 2.75) is 65.3 Å². The second-order valence-corrected chi connectivity index (χ2v) is 7.27. The van der Waals surface area contributed by atoms with Crippen LogP contribution < -0.4 is 5.32 Å². The summed E-state index contributed by atoms with van der Waals surface area (Å²) < 4.78 is 0. The fourth-order valence-electron chi connectivity index (χ4n) is 4.29. The maximum Gasteiger partial charge on any atom is 0.0223 e. The molecule has 2 rings (SSSR count). The highest BCUT2D eigenvalue weighted by Crippen LogP contribution is 2.29. The summed E-state index contributed by atoms with van der Waals surface area (Å²) >= 11 is 0. The van der Waals surface area contributed by atoms with E-state index in [0.29, 0.717) is 0 Å². The van der Waals surface area contributed by atoms with Crippen LogP contribution in [0.2, 0.25) is 0 Å². The van der Waals surface area contributed by atoms with Crippen molar-refractivity contribution in [2.75, 3.05) is 26.2 Å². The molecule has 2 nitrogen and oxygen atoms in total. The van der Waals surface area contributed by atoms with Crippen LogP contribution in [0.4, 0.5) is 0 Å². The van der Waals surface area contributed by atoms with E-state index in [1.807, 2.05) is 0 Å². The summed E-state index contributed by atoms with van der Waals surface area (Å²) in [4.78, 5) is 2.74. The highest BCUT2D eigenvalue weighted by Gasteiger charge is 2.29. The zero-order chi connectivity index (χ0) is 13.7. The van der Waals surface area contributed by atoms with E-state index in [2.05, 4.69) is 31.0 Å². The number of piperidine rings is 1. The lowest BCUT2D eigenvalue weighted by molar-refractivity contribution is 0.117. The van der Waals surface area contributed by atoms with Crippen LogP contribution in [0.25, 0.3) is 0 Å². The average Bonchev–Trinajstić information content (AvgIpc) is 2.87. The third-order valence-electron chi connectivity index (χ3n) is 5.02. The molecule has 3 atom stereocenters. The number of rotatable bonds is 6. The SMILES string of the molecule is CCCNC(CN1CC(C)CC(C)C1)C1CCCC1. The van der Waals surface area contributed by atoms with Crippen molar-refractivity contribution in [1.82, 2.24) is 10.2 Å². The van der Waals surface area contributed by atoms with Gasteiger partial charge in [-0.1, -0.05) is 33.6 Å². The molecule has 0 amide bonds. The Labute approximate surface area is 120 Å². The number of hydrogen-bond acceptors (Lipinski definition) is 2. The van der Waals surface area contributed by atoms with Crippen molar-refractivity contribution < 1.29 is 0 Å². The van der Waals surface area contributed by atoms with Gasteiger partial charge in [0.2, 0.25) is 0 Å². The van der Waals surface area contributed by atoms with Crippen LogP contribution in [0.5, 0.6) is 0 Å². The molecule has 3 unspecified atom stereocenters. The molecule has 0 radical (unpaired) electrons. The van der Waals surface area contributed by atoms with Crippen LogP contribution in [0.3, 0.4) is 0 Å². The van der Waals surface area contributed by atoms with Gasteiger partial charge in [-0.3, -0.25) is 0 Å². The topological polar surface area (TPSA) is 15.3 Å². The van der Waals surface area contributed by atoms with E-state index < -0.39 is 0 Å². The minimum absolute atomic E-state index is 0.750. The fraction of sp³-hybridized carbons (Fsp3) is 1.00. The third-order valence-corrected chi connectivity index (χ3v) is 5.02. The predicted molar refractivity (Wildman–Crippen MR) is 83.4 cm³/mol. The number of nitrogens with zero attached hydrogens (tertiary/aromatic N) is 1. The van der Waals surface area contributed by atoms with Gasteiger partial charge in [0.25, 0.3) is 0 Å². The lowest BCUT2D eigenvalue weighted by Crippen LogP contribution is -2.49. The molecule has 1 aliphatic heterocycles. The number of likely N-dealkylation sites (tertiary alicyclic amines) is 1. The minimum Gasteiger partial charge on any atom is -0.312 e. The molecule has 1 N–H and O–H groups in total. The molecule has 0 aromatic rings. The predicted octanol–water partition coefficient (Wildman–Crippen LogP) is 3.52. The molecule has 2 heteroatoms. The van der Waals surface area contributed by atoms with Gasteiger partial charge in [0.1, 0.15) is 0 Å². The monoisotopic (exact) mass is 266 g/mol. The molecule has 2 aliphatic rings. The summed E-state index contributed by atoms with van der Waals surface area (Å²) in [6, 6.07) is 0.750. The van der Waals surface area contributed by atoms with Crippen LogP contribution >= 0.6 is 0 Å². The van der Waals surface area contributed by atoms with Crippen molar-refractivity contribution >= 4 is 0 Å². The average molecular weight is 266 g/mol. The van der Waals surface area contributed by atoms with Crippen molar-refractivity contribution in [3.63, 3.8) is 0 Å². The van der Waals surface area contributed by atoms with Gasteiger partial charge in [0.05, 0.1) is 0 Å². The van der Waals surface area contributed by atoms with Crippen LogP contribution in [0.1, 0.15) is 59.3 Å². The van der Waals surface area contributed by atoms with Crippen molar-refractivity contribution in [3.05, 3.63) is 0 Å². The Kier molecular flexibility index (Phi) is 6.15. The molecule has 0 bridgehead atoms. The summed E-state index contributed by atoms with van der Waals surface area (Å²) in [5.74, 6) is 2.72. The second kappa shape index (κ2) is 7.64. The quantitative estimate of drug-likeness (QED) is 0.791. The van der Waals surface area contributed by atoms with Gasteiger partial charge in [-0.2, -0.15) is 0 Å². The van der Waals surface area contributed by atoms with Gasteiger partial charge in [-0.15, -0.1) is 0 Å². The van der Waals surface area contributed by atoms with Crippen molar-refractivity contribution in [3.8, 4) is 0 Å². The first-order valence-electron chi connectivity index (χ1n) is 8.64. The van der Waals surface area contributed by atoms with E-state index in [-0.39, 0.29) is 0 Å². The minimum atomic E-state index is 0.750. The molecule has 0 aromatic heterocycles. The number of hydrogen-bond donors (Lipinski definition) is 1. The molecule has 0 aromatic carbocycles. The van der Waals surface area contributed by atoms with E-state index in [0.717, 1.165) is 23.8 Å². The van der Waals surface area contributed by atoms with Gasteiger partial charge < -0.3 is 10.2 Å². The number of nitrogens with one attached hydrogen (secondary N) is 1. The Morgan fingerprint density at radius 3 is 2.32 bits per heavy atom. The van der Waals surface area contributed by atoms with E-state index >= 15 is 0 Å². The van der Waals surface area contributed by atoms with E-state index in [1.165, 1.54) is 64.7 Å². The van der Waals surface area contributed by atoms with E-state index in [1.54, 1.807) is 0 Å². The Morgan fingerprint density at radius 1 is 1.11 bits per heavy atom. The van der Waals surface area contributed by atoms with Crippen molar-refractivity contribution in [2.24, 2.45) is 17.8 Å². The smallest absolute Gasteiger partial charge is 0.0223 e. The molecule has 1 saturated carbocycles. The van der Waals surface area contributed by atoms with Gasteiger partial charge in [-0.25, -0.2) is 0 Å². The maximum absolute atomic E-state index is 3.85. The van der Waals surface area contributed by atoms with Gasteiger partial charge >= 0.3 is 0 Å². The summed E-state index contributed by atoms with van der Waals surface area (Å²) in [7, 11) is 0. The fourth-order valence-corrected chi connectivity index (χ4v) is 4.29. The van der Waals surface area contributed by atoms with Gasteiger partial charge in [-0.05, 0) is 50.0 Å². The van der Waals surface area contributed by atoms with Crippen LogP contribution in [0.15, 0.2) is 0 Å². The molecule has 1 saturated heterocycles. The first-order valence-corrected chi connectivity index (χ1v) is 8.64. The molecule has 19 heavy (non-hydrogen) atoms. The summed E-state index contributed by atoms with van der Waals surface area (Å²) in [5.41, 5.74) is 0. The standard InChI is InChI=1S/C17H34N2/c1-4-9-18-17(16-7-5-6-8-16)13-19-11-14(2)10-15(3)12-19/h14-18H,4-13H2,1-3H3. The van der Waals surface area contributed by atoms with Crippen LogP contribution in [-0.2, 0) is 0 Å². The second-order valence-electron chi connectivity index (χ2n) is 7.27. The van der Waals surface area contributed by atoms with Crippen LogP contribution in [0, 0.1) is 17.8 Å². The lowest BCUT2D eigenvalue weighted by atomic mass is 9.90. The molecular weight excluding hydrogens is 232 g/mol. The highest BCUT2D eigenvalue weighted by molar-refractivity contribution is 4.85. The summed E-state index contributed by atoms with van der Waals surface area (Å²) in [5, 5.41) is 3.85. The van der Waals surface area contributed by atoms with Crippen LogP contribution in [-0.4, -0.2) is 37.1 Å². The summed E-state index contributed by atoms with van der Waals surface area (Å²) in [6.07, 6.45) is 8.52. The molecule has 1 heterocycles. The van der Waals surface area contributed by atoms with E-state index in [9.17, 15) is 0 Å². The Morgan fingerprint density at radius 2 is 1.74 bits per heavy atom. The third kappa shape index (κ3) is 4.75. The normalized spacial score (nSPS) is 31.7.